The Morgan fingerprint density at radius 3 is 2.23 bits per heavy atom. The first-order valence-corrected chi connectivity index (χ1v) is 11.2. The lowest BCUT2D eigenvalue weighted by molar-refractivity contribution is -0.145. The van der Waals surface area contributed by atoms with Gasteiger partial charge in [-0.3, -0.25) is 4.79 Å². The van der Waals surface area contributed by atoms with Gasteiger partial charge in [0.25, 0.3) is 0 Å². The fraction of sp³-hybridized carbons (Fsp3) is 0.400. The number of alkyl carbamates (subject to hydrolysis) is 1. The first-order chi connectivity index (χ1) is 16.7. The number of methoxy groups -OCH3 is 1. The predicted molar refractivity (Wildman–Crippen MR) is 122 cm³/mol. The zero-order valence-electron chi connectivity index (χ0n) is 19.4. The van der Waals surface area contributed by atoms with Crippen molar-refractivity contribution in [3.63, 3.8) is 0 Å². The molecule has 0 spiro atoms. The molecule has 0 unspecified atom stereocenters. The molecule has 0 saturated heterocycles. The molecule has 0 heterocycles. The number of carbonyl (C=O) groups excluding carboxylic acids is 3. The van der Waals surface area contributed by atoms with Crippen molar-refractivity contribution in [3.8, 4) is 0 Å². The Labute approximate surface area is 202 Å². The highest BCUT2D eigenvalue weighted by atomic mass is 19.4. The fourth-order valence-electron chi connectivity index (χ4n) is 3.22. The van der Waals surface area contributed by atoms with Crippen molar-refractivity contribution in [1.29, 1.82) is 0 Å². The first kappa shape index (κ1) is 27.7. The summed E-state index contributed by atoms with van der Waals surface area (Å²) in [5.74, 6) is -1.06. The van der Waals surface area contributed by atoms with Crippen LogP contribution in [0.2, 0.25) is 0 Å². The van der Waals surface area contributed by atoms with E-state index in [1.54, 1.807) is 0 Å². The van der Waals surface area contributed by atoms with Crippen molar-refractivity contribution in [2.45, 2.75) is 50.9 Å². The molecular formula is C25H29F3N2O5. The molecule has 0 aliphatic heterocycles. The first-order valence-electron chi connectivity index (χ1n) is 11.2. The molecule has 0 aromatic heterocycles. The minimum absolute atomic E-state index is 0.00552. The van der Waals surface area contributed by atoms with Crippen molar-refractivity contribution < 1.29 is 37.0 Å². The second-order valence-electron chi connectivity index (χ2n) is 7.84. The van der Waals surface area contributed by atoms with Gasteiger partial charge in [-0.05, 0) is 36.1 Å². The van der Waals surface area contributed by atoms with Gasteiger partial charge in [-0.2, -0.15) is 13.2 Å². The molecular weight excluding hydrogens is 465 g/mol. The van der Waals surface area contributed by atoms with Gasteiger partial charge in [0.2, 0.25) is 5.91 Å². The molecule has 2 amide bonds. The monoisotopic (exact) mass is 494 g/mol. The smallest absolute Gasteiger partial charge is 0.416 e. The summed E-state index contributed by atoms with van der Waals surface area (Å²) in [5.41, 5.74) is 0.551. The maximum Gasteiger partial charge on any atom is 0.416 e. The van der Waals surface area contributed by atoms with Crippen molar-refractivity contribution >= 4 is 18.0 Å². The van der Waals surface area contributed by atoms with E-state index < -0.39 is 29.8 Å². The summed E-state index contributed by atoms with van der Waals surface area (Å²) in [6.45, 7) is 0.578. The van der Waals surface area contributed by atoms with Gasteiger partial charge in [-0.15, -0.1) is 0 Å². The number of nitrogens with one attached hydrogen (secondary N) is 2. The highest BCUT2D eigenvalue weighted by Gasteiger charge is 2.30. The minimum Gasteiger partial charge on any atom is -0.467 e. The van der Waals surface area contributed by atoms with Crippen molar-refractivity contribution in [2.75, 3.05) is 13.7 Å². The maximum absolute atomic E-state index is 12.7. The Morgan fingerprint density at radius 2 is 1.60 bits per heavy atom. The molecule has 10 heteroatoms. The van der Waals surface area contributed by atoms with Gasteiger partial charge in [0, 0.05) is 19.4 Å². The summed E-state index contributed by atoms with van der Waals surface area (Å²) < 4.78 is 48.0. The molecule has 7 nitrogen and oxygen atoms in total. The van der Waals surface area contributed by atoms with Crippen LogP contribution in [-0.2, 0) is 38.3 Å². The van der Waals surface area contributed by atoms with Crippen LogP contribution in [0.4, 0.5) is 18.0 Å². The largest absolute Gasteiger partial charge is 0.467 e. The van der Waals surface area contributed by atoms with E-state index >= 15 is 0 Å². The van der Waals surface area contributed by atoms with Gasteiger partial charge >= 0.3 is 18.2 Å². The zero-order chi connectivity index (χ0) is 25.7. The van der Waals surface area contributed by atoms with E-state index in [-0.39, 0.29) is 25.4 Å². The molecule has 0 saturated carbocycles. The van der Waals surface area contributed by atoms with E-state index in [0.29, 0.717) is 31.4 Å². The Bertz CT molecular complexity index is 950. The lowest BCUT2D eigenvalue weighted by Gasteiger charge is -2.17. The third-order valence-corrected chi connectivity index (χ3v) is 5.10. The number of hydrogen-bond donors (Lipinski definition) is 2. The quantitative estimate of drug-likeness (QED) is 0.337. The Hall–Kier alpha value is -3.56. The van der Waals surface area contributed by atoms with Crippen LogP contribution in [0.5, 0.6) is 0 Å². The number of carbonyl (C=O) groups is 3. The normalized spacial score (nSPS) is 11.9. The summed E-state index contributed by atoms with van der Waals surface area (Å²) >= 11 is 0. The second kappa shape index (κ2) is 14.0. The van der Waals surface area contributed by atoms with Crippen LogP contribution in [0.3, 0.4) is 0 Å². The molecule has 2 aromatic rings. The highest BCUT2D eigenvalue weighted by molar-refractivity contribution is 5.84. The van der Waals surface area contributed by atoms with Crippen LogP contribution in [0.1, 0.15) is 42.4 Å². The van der Waals surface area contributed by atoms with Crippen LogP contribution in [-0.4, -0.2) is 37.7 Å². The van der Waals surface area contributed by atoms with E-state index in [2.05, 4.69) is 10.6 Å². The van der Waals surface area contributed by atoms with Gasteiger partial charge in [0.15, 0.2) is 0 Å². The van der Waals surface area contributed by atoms with Crippen molar-refractivity contribution in [3.05, 3.63) is 71.3 Å². The van der Waals surface area contributed by atoms with Gasteiger partial charge in [-0.25, -0.2) is 9.59 Å². The van der Waals surface area contributed by atoms with Gasteiger partial charge in [0.05, 0.1) is 12.7 Å². The topological polar surface area (TPSA) is 93.7 Å². The van der Waals surface area contributed by atoms with Crippen LogP contribution in [0.15, 0.2) is 54.6 Å². The van der Waals surface area contributed by atoms with E-state index in [1.165, 1.54) is 19.2 Å². The van der Waals surface area contributed by atoms with Crippen LogP contribution in [0, 0.1) is 0 Å². The van der Waals surface area contributed by atoms with E-state index in [4.69, 9.17) is 9.47 Å². The number of amides is 2. The highest BCUT2D eigenvalue weighted by Crippen LogP contribution is 2.29. The molecule has 1 atom stereocenters. The number of hydrogen-bond acceptors (Lipinski definition) is 5. The lowest BCUT2D eigenvalue weighted by Crippen LogP contribution is -2.43. The minimum atomic E-state index is -4.45. The van der Waals surface area contributed by atoms with E-state index in [9.17, 15) is 27.6 Å². The maximum atomic E-state index is 12.7. The Kier molecular flexibility index (Phi) is 11.1. The standard InChI is InChI=1S/C25H29F3N2O5/c1-34-23(32)21(16-18-11-13-20(14-12-18)25(26,27)28)30-22(31)10-6-3-7-15-29-24(33)35-17-19-8-4-2-5-9-19/h2,4-5,8-9,11-14,21H,3,6-7,10,15-17H2,1H3,(H,29,33)(H,30,31)/t21-/m1/s1. The van der Waals surface area contributed by atoms with Crippen molar-refractivity contribution in [2.24, 2.45) is 0 Å². The molecule has 2 aromatic carbocycles. The average Bonchev–Trinajstić information content (AvgIpc) is 2.84. The molecule has 2 rings (SSSR count). The Morgan fingerprint density at radius 1 is 0.914 bits per heavy atom. The van der Waals surface area contributed by atoms with Crippen molar-refractivity contribution in [1.82, 2.24) is 10.6 Å². The molecule has 0 radical (unpaired) electrons. The third-order valence-electron chi connectivity index (χ3n) is 5.10. The number of alkyl halides is 3. The summed E-state index contributed by atoms with van der Waals surface area (Å²) in [5, 5.41) is 5.22. The summed E-state index contributed by atoms with van der Waals surface area (Å²) in [6, 6.07) is 12.7. The average molecular weight is 495 g/mol. The molecule has 35 heavy (non-hydrogen) atoms. The molecule has 190 valence electrons. The second-order valence-corrected chi connectivity index (χ2v) is 7.84. The van der Waals surface area contributed by atoms with Gasteiger partial charge < -0.3 is 20.1 Å². The molecule has 0 aliphatic rings. The summed E-state index contributed by atoms with van der Waals surface area (Å²) in [6.07, 6.45) is -2.98. The zero-order valence-corrected chi connectivity index (χ0v) is 19.4. The fourth-order valence-corrected chi connectivity index (χ4v) is 3.22. The molecule has 0 bridgehead atoms. The molecule has 0 fully saturated rings. The number of halogens is 3. The number of esters is 1. The Balaban J connectivity index is 1.66. The van der Waals surface area contributed by atoms with Crippen LogP contribution >= 0.6 is 0 Å². The molecule has 2 N–H and O–H groups in total. The SMILES string of the molecule is COC(=O)[C@@H](Cc1ccc(C(F)(F)F)cc1)NC(=O)CCCCCNC(=O)OCc1ccccc1. The van der Waals surface area contributed by atoms with Crippen LogP contribution in [0.25, 0.3) is 0 Å². The lowest BCUT2D eigenvalue weighted by atomic mass is 10.0. The summed E-state index contributed by atoms with van der Waals surface area (Å²) in [7, 11) is 1.17. The molecule has 0 aliphatic carbocycles. The van der Waals surface area contributed by atoms with Gasteiger partial charge in [-0.1, -0.05) is 48.9 Å². The number of unbranched alkanes of at least 4 members (excludes halogenated alkanes) is 2. The van der Waals surface area contributed by atoms with E-state index in [0.717, 1.165) is 17.7 Å². The van der Waals surface area contributed by atoms with E-state index in [1.807, 2.05) is 30.3 Å². The van der Waals surface area contributed by atoms with Crippen LogP contribution < -0.4 is 10.6 Å². The number of ether oxygens (including phenoxy) is 2. The van der Waals surface area contributed by atoms with Gasteiger partial charge in [0.1, 0.15) is 12.6 Å². The summed E-state index contributed by atoms with van der Waals surface area (Å²) in [4.78, 5) is 36.0. The third kappa shape index (κ3) is 10.5. The number of rotatable bonds is 12. The number of benzene rings is 2. The predicted octanol–water partition coefficient (Wildman–Crippen LogP) is 4.39.